The molecule has 1 N–H and O–H groups in total. The second-order valence-electron chi connectivity index (χ2n) is 4.63. The van der Waals surface area contributed by atoms with Crippen LogP contribution < -0.4 is 5.32 Å². The van der Waals surface area contributed by atoms with Crippen molar-refractivity contribution >= 4 is 31.9 Å². The third kappa shape index (κ3) is 4.16. The standard InChI is InChI=1S/C13H14Br2F5N/c1-3-4-21-11(12(16,17)13(18,19)20)8-6-9(14)7(2)5-10(8)15/h5-6,11,21H,3-4H2,1-2H3. The molecule has 0 bridgehead atoms. The minimum Gasteiger partial charge on any atom is -0.305 e. The van der Waals surface area contributed by atoms with Crippen molar-refractivity contribution in [3.8, 4) is 0 Å². The molecule has 1 atom stereocenters. The first-order chi connectivity index (χ1) is 9.52. The van der Waals surface area contributed by atoms with Gasteiger partial charge in [-0.1, -0.05) is 38.8 Å². The second-order valence-corrected chi connectivity index (χ2v) is 6.34. The summed E-state index contributed by atoms with van der Waals surface area (Å²) in [7, 11) is 0. The summed E-state index contributed by atoms with van der Waals surface area (Å²) in [4.78, 5) is 0. The van der Waals surface area contributed by atoms with E-state index < -0.39 is 18.1 Å². The van der Waals surface area contributed by atoms with E-state index in [2.05, 4.69) is 37.2 Å². The quantitative estimate of drug-likeness (QED) is 0.576. The molecule has 8 heteroatoms. The van der Waals surface area contributed by atoms with Crippen molar-refractivity contribution in [2.75, 3.05) is 6.54 Å². The summed E-state index contributed by atoms with van der Waals surface area (Å²) >= 11 is 6.23. The van der Waals surface area contributed by atoms with Gasteiger partial charge in [-0.2, -0.15) is 22.0 Å². The van der Waals surface area contributed by atoms with E-state index >= 15 is 0 Å². The number of nitrogens with one attached hydrogen (secondary N) is 1. The largest absolute Gasteiger partial charge is 0.455 e. The predicted octanol–water partition coefficient (Wildman–Crippen LogP) is 5.76. The minimum atomic E-state index is -5.63. The molecule has 1 aromatic carbocycles. The number of alkyl halides is 5. The van der Waals surface area contributed by atoms with E-state index in [1.165, 1.54) is 12.1 Å². The van der Waals surface area contributed by atoms with Crippen LogP contribution in [0.25, 0.3) is 0 Å². The zero-order valence-corrected chi connectivity index (χ0v) is 14.5. The van der Waals surface area contributed by atoms with Gasteiger partial charge in [-0.25, -0.2) is 0 Å². The van der Waals surface area contributed by atoms with Gasteiger partial charge >= 0.3 is 12.1 Å². The number of benzene rings is 1. The molecule has 1 unspecified atom stereocenters. The van der Waals surface area contributed by atoms with E-state index in [1.807, 2.05) is 0 Å². The number of halogens is 7. The van der Waals surface area contributed by atoms with Gasteiger partial charge in [0.2, 0.25) is 0 Å². The highest BCUT2D eigenvalue weighted by molar-refractivity contribution is 9.11. The summed E-state index contributed by atoms with van der Waals surface area (Å²) in [6.45, 7) is 3.46. The molecule has 0 aromatic heterocycles. The van der Waals surface area contributed by atoms with Gasteiger partial charge in [-0.05, 0) is 43.1 Å². The Hall–Kier alpha value is -0.210. The molecular formula is C13H14Br2F5N. The summed E-state index contributed by atoms with van der Waals surface area (Å²) in [5.41, 5.74) is 0.596. The first-order valence-electron chi connectivity index (χ1n) is 6.15. The van der Waals surface area contributed by atoms with Crippen molar-refractivity contribution in [1.29, 1.82) is 0 Å². The van der Waals surface area contributed by atoms with Gasteiger partial charge in [-0.15, -0.1) is 0 Å². The maximum atomic E-state index is 13.8. The number of rotatable bonds is 5. The minimum absolute atomic E-state index is 0.0499. The molecule has 0 radical (unpaired) electrons. The lowest BCUT2D eigenvalue weighted by Crippen LogP contribution is -2.48. The molecule has 0 aliphatic rings. The number of hydrogen-bond donors (Lipinski definition) is 1. The van der Waals surface area contributed by atoms with Crippen molar-refractivity contribution in [1.82, 2.24) is 5.32 Å². The summed E-state index contributed by atoms with van der Waals surface area (Å²) in [6.07, 6.45) is -5.19. The molecular weight excluding hydrogens is 425 g/mol. The zero-order chi connectivity index (χ0) is 16.4. The smallest absolute Gasteiger partial charge is 0.305 e. The van der Waals surface area contributed by atoms with Crippen molar-refractivity contribution in [2.45, 2.75) is 38.4 Å². The molecule has 0 amide bonds. The third-order valence-electron chi connectivity index (χ3n) is 2.93. The van der Waals surface area contributed by atoms with E-state index in [9.17, 15) is 22.0 Å². The molecule has 0 saturated heterocycles. The van der Waals surface area contributed by atoms with Gasteiger partial charge in [0, 0.05) is 8.95 Å². The van der Waals surface area contributed by atoms with E-state index in [4.69, 9.17) is 0 Å². The van der Waals surface area contributed by atoms with Crippen LogP contribution in [-0.4, -0.2) is 18.6 Å². The van der Waals surface area contributed by atoms with E-state index in [0.717, 1.165) is 5.56 Å². The highest BCUT2D eigenvalue weighted by Gasteiger charge is 2.62. The molecule has 0 aliphatic heterocycles. The van der Waals surface area contributed by atoms with Crippen molar-refractivity contribution < 1.29 is 22.0 Å². The van der Waals surface area contributed by atoms with E-state index in [0.29, 0.717) is 10.9 Å². The van der Waals surface area contributed by atoms with Crippen LogP contribution in [0.4, 0.5) is 22.0 Å². The molecule has 0 saturated carbocycles. The van der Waals surface area contributed by atoms with Gasteiger partial charge in [0.05, 0.1) is 0 Å². The fraction of sp³-hybridized carbons (Fsp3) is 0.538. The summed E-state index contributed by atoms with van der Waals surface area (Å²) in [5.74, 6) is -4.88. The Kier molecular flexibility index (Phi) is 6.20. The number of hydrogen-bond acceptors (Lipinski definition) is 1. The second kappa shape index (κ2) is 6.91. The zero-order valence-electron chi connectivity index (χ0n) is 11.3. The fourth-order valence-electron chi connectivity index (χ4n) is 1.77. The van der Waals surface area contributed by atoms with Crippen LogP contribution in [-0.2, 0) is 0 Å². The summed E-state index contributed by atoms with van der Waals surface area (Å²) in [6, 6.07) is 0.641. The first kappa shape index (κ1) is 18.8. The number of aryl methyl sites for hydroxylation is 1. The molecule has 0 spiro atoms. The molecule has 120 valence electrons. The van der Waals surface area contributed by atoms with Crippen molar-refractivity contribution in [3.63, 3.8) is 0 Å². The van der Waals surface area contributed by atoms with Crippen LogP contribution in [0.2, 0.25) is 0 Å². The maximum Gasteiger partial charge on any atom is 0.455 e. The van der Waals surface area contributed by atoms with Crippen LogP contribution in [0.5, 0.6) is 0 Å². The lowest BCUT2D eigenvalue weighted by molar-refractivity contribution is -0.294. The lowest BCUT2D eigenvalue weighted by atomic mass is 9.98. The summed E-state index contributed by atoms with van der Waals surface area (Å²) in [5, 5.41) is 2.30. The van der Waals surface area contributed by atoms with Crippen molar-refractivity contribution in [3.05, 3.63) is 32.2 Å². The molecule has 1 aromatic rings. The SMILES string of the molecule is CCCNC(c1cc(Br)c(C)cc1Br)C(F)(F)C(F)(F)F. The van der Waals surface area contributed by atoms with Crippen LogP contribution in [0, 0.1) is 6.92 Å². The molecule has 0 fully saturated rings. The van der Waals surface area contributed by atoms with Gasteiger partial charge in [0.1, 0.15) is 6.04 Å². The monoisotopic (exact) mass is 437 g/mol. The molecule has 1 rings (SSSR count). The van der Waals surface area contributed by atoms with Crippen LogP contribution >= 0.6 is 31.9 Å². The highest BCUT2D eigenvalue weighted by Crippen LogP contribution is 2.46. The van der Waals surface area contributed by atoms with Crippen LogP contribution in [0.1, 0.15) is 30.5 Å². The summed E-state index contributed by atoms with van der Waals surface area (Å²) < 4.78 is 66.3. The molecule has 0 aliphatic carbocycles. The van der Waals surface area contributed by atoms with Gasteiger partial charge in [0.15, 0.2) is 0 Å². The fourth-order valence-corrected chi connectivity index (χ4v) is 2.82. The Morgan fingerprint density at radius 2 is 1.67 bits per heavy atom. The average molecular weight is 439 g/mol. The van der Waals surface area contributed by atoms with Crippen molar-refractivity contribution in [2.24, 2.45) is 0 Å². The van der Waals surface area contributed by atoms with Gasteiger partial charge < -0.3 is 5.32 Å². The Morgan fingerprint density at radius 3 is 2.14 bits per heavy atom. The lowest BCUT2D eigenvalue weighted by Gasteiger charge is -2.30. The Balaban J connectivity index is 3.36. The Bertz CT molecular complexity index is 502. The topological polar surface area (TPSA) is 12.0 Å². The van der Waals surface area contributed by atoms with Crippen LogP contribution in [0.3, 0.4) is 0 Å². The molecule has 21 heavy (non-hydrogen) atoms. The third-order valence-corrected chi connectivity index (χ3v) is 4.47. The Labute approximate surface area is 136 Å². The molecule has 0 heterocycles. The van der Waals surface area contributed by atoms with Gasteiger partial charge in [-0.3, -0.25) is 0 Å². The predicted molar refractivity (Wildman–Crippen MR) is 78.6 cm³/mol. The highest BCUT2D eigenvalue weighted by atomic mass is 79.9. The van der Waals surface area contributed by atoms with E-state index in [-0.39, 0.29) is 16.6 Å². The van der Waals surface area contributed by atoms with Crippen LogP contribution in [0.15, 0.2) is 21.1 Å². The van der Waals surface area contributed by atoms with E-state index in [1.54, 1.807) is 13.8 Å². The average Bonchev–Trinajstić information content (AvgIpc) is 2.34. The first-order valence-corrected chi connectivity index (χ1v) is 7.74. The maximum absolute atomic E-state index is 13.8. The molecule has 1 nitrogen and oxygen atoms in total. The Morgan fingerprint density at radius 1 is 1.10 bits per heavy atom. The van der Waals surface area contributed by atoms with Gasteiger partial charge in [0.25, 0.3) is 0 Å². The normalized spacial score (nSPS) is 14.3.